The predicted molar refractivity (Wildman–Crippen MR) is 105 cm³/mol. The Bertz CT molecular complexity index is 887. The summed E-state index contributed by atoms with van der Waals surface area (Å²) in [4.78, 5) is 16.5. The van der Waals surface area contributed by atoms with E-state index in [2.05, 4.69) is 14.9 Å². The van der Waals surface area contributed by atoms with Crippen LogP contribution in [0.2, 0.25) is 0 Å². The molecule has 142 valence electrons. The number of fused-ring (bicyclic) bond motifs is 1. The lowest BCUT2D eigenvalue weighted by molar-refractivity contribution is -0.121. The maximum Gasteiger partial charge on any atom is 0.220 e. The molecule has 0 bridgehead atoms. The highest BCUT2D eigenvalue weighted by Crippen LogP contribution is 2.19. The molecular weight excluding hydrogens is 342 g/mol. The number of aromatic nitrogens is 2. The predicted octanol–water partition coefficient (Wildman–Crippen LogP) is 3.54. The molecule has 0 saturated carbocycles. The summed E-state index contributed by atoms with van der Waals surface area (Å²) in [5.41, 5.74) is 1.96. The van der Waals surface area contributed by atoms with Gasteiger partial charge in [0, 0.05) is 6.42 Å². The number of ether oxygens (including phenoxy) is 2. The summed E-state index contributed by atoms with van der Waals surface area (Å²) in [7, 11) is 1.64. The number of rotatable bonds is 9. The van der Waals surface area contributed by atoms with Crippen molar-refractivity contribution < 1.29 is 14.3 Å². The smallest absolute Gasteiger partial charge is 0.220 e. The molecule has 3 aromatic rings. The third-order valence-electron chi connectivity index (χ3n) is 4.30. The largest absolute Gasteiger partial charge is 0.497 e. The fraction of sp³-hybridized carbons (Fsp3) is 0.333. The molecule has 0 spiro atoms. The SMILES string of the molecule is CCCC(=O)NCc1nc2ccccc2n1CCOc1ccc(OC)cc1. The first-order valence-corrected chi connectivity index (χ1v) is 9.19. The van der Waals surface area contributed by atoms with Gasteiger partial charge >= 0.3 is 0 Å². The number of nitrogens with zero attached hydrogens (tertiary/aromatic N) is 2. The second-order valence-corrected chi connectivity index (χ2v) is 6.22. The van der Waals surface area contributed by atoms with Gasteiger partial charge in [-0.05, 0) is 42.8 Å². The summed E-state index contributed by atoms with van der Waals surface area (Å²) in [5, 5.41) is 2.95. The Kier molecular flexibility index (Phi) is 6.30. The Balaban J connectivity index is 1.69. The van der Waals surface area contributed by atoms with Gasteiger partial charge in [-0.15, -0.1) is 0 Å². The second-order valence-electron chi connectivity index (χ2n) is 6.22. The van der Waals surface area contributed by atoms with Gasteiger partial charge in [0.25, 0.3) is 0 Å². The zero-order chi connectivity index (χ0) is 19.1. The Labute approximate surface area is 159 Å². The van der Waals surface area contributed by atoms with Crippen LogP contribution in [0.4, 0.5) is 0 Å². The van der Waals surface area contributed by atoms with E-state index in [1.807, 2.05) is 55.5 Å². The molecule has 2 aromatic carbocycles. The number of benzene rings is 2. The van der Waals surface area contributed by atoms with Crippen molar-refractivity contribution >= 4 is 16.9 Å². The van der Waals surface area contributed by atoms with Crippen LogP contribution in [0.25, 0.3) is 11.0 Å². The molecular formula is C21H25N3O3. The first-order chi connectivity index (χ1) is 13.2. The summed E-state index contributed by atoms with van der Waals surface area (Å²) < 4.78 is 13.1. The van der Waals surface area contributed by atoms with Crippen molar-refractivity contribution in [2.24, 2.45) is 0 Å². The molecule has 0 aliphatic rings. The molecule has 0 fully saturated rings. The maximum absolute atomic E-state index is 11.8. The fourth-order valence-corrected chi connectivity index (χ4v) is 2.93. The van der Waals surface area contributed by atoms with Crippen LogP contribution in [-0.2, 0) is 17.9 Å². The van der Waals surface area contributed by atoms with Gasteiger partial charge in [-0.2, -0.15) is 0 Å². The second kappa shape index (κ2) is 9.07. The van der Waals surface area contributed by atoms with Crippen LogP contribution in [0.15, 0.2) is 48.5 Å². The summed E-state index contributed by atoms with van der Waals surface area (Å²) in [6, 6.07) is 15.5. The average Bonchev–Trinajstić information content (AvgIpc) is 3.05. The lowest BCUT2D eigenvalue weighted by Gasteiger charge is -2.12. The number of nitrogens with one attached hydrogen (secondary N) is 1. The van der Waals surface area contributed by atoms with Crippen molar-refractivity contribution in [3.05, 3.63) is 54.4 Å². The minimum absolute atomic E-state index is 0.0468. The van der Waals surface area contributed by atoms with E-state index in [0.717, 1.165) is 34.8 Å². The minimum Gasteiger partial charge on any atom is -0.497 e. The van der Waals surface area contributed by atoms with E-state index >= 15 is 0 Å². The Morgan fingerprint density at radius 1 is 1.11 bits per heavy atom. The van der Waals surface area contributed by atoms with Gasteiger partial charge in [-0.3, -0.25) is 4.79 Å². The standard InChI is InChI=1S/C21H25N3O3/c1-3-6-21(25)22-15-20-23-18-7-4-5-8-19(18)24(20)13-14-27-17-11-9-16(26-2)10-12-17/h4-5,7-12H,3,6,13-15H2,1-2H3,(H,22,25). The monoisotopic (exact) mass is 367 g/mol. The molecule has 0 saturated heterocycles. The number of imidazole rings is 1. The van der Waals surface area contributed by atoms with Gasteiger partial charge in [-0.25, -0.2) is 4.98 Å². The van der Waals surface area contributed by atoms with Crippen molar-refractivity contribution in [3.63, 3.8) is 0 Å². The van der Waals surface area contributed by atoms with Crippen molar-refractivity contribution in [2.75, 3.05) is 13.7 Å². The lowest BCUT2D eigenvalue weighted by Crippen LogP contribution is -2.24. The van der Waals surface area contributed by atoms with E-state index in [9.17, 15) is 4.79 Å². The topological polar surface area (TPSA) is 65.4 Å². The van der Waals surface area contributed by atoms with Gasteiger partial charge in [0.2, 0.25) is 5.91 Å². The first-order valence-electron chi connectivity index (χ1n) is 9.19. The molecule has 6 nitrogen and oxygen atoms in total. The highest BCUT2D eigenvalue weighted by molar-refractivity contribution is 5.77. The molecule has 1 aromatic heterocycles. The molecule has 0 atom stereocenters. The summed E-state index contributed by atoms with van der Waals surface area (Å²) in [6.45, 7) is 3.55. The Hall–Kier alpha value is -3.02. The number of hydrogen-bond acceptors (Lipinski definition) is 4. The Morgan fingerprint density at radius 2 is 1.85 bits per heavy atom. The van der Waals surface area contributed by atoms with E-state index in [0.29, 0.717) is 26.1 Å². The molecule has 0 aliphatic heterocycles. The summed E-state index contributed by atoms with van der Waals surface area (Å²) >= 11 is 0. The van der Waals surface area contributed by atoms with Gasteiger partial charge in [0.15, 0.2) is 0 Å². The summed E-state index contributed by atoms with van der Waals surface area (Å²) in [5.74, 6) is 2.47. The van der Waals surface area contributed by atoms with E-state index < -0.39 is 0 Å². The van der Waals surface area contributed by atoms with Gasteiger partial charge in [0.05, 0.1) is 31.2 Å². The molecule has 1 heterocycles. The van der Waals surface area contributed by atoms with Crippen LogP contribution in [0.1, 0.15) is 25.6 Å². The van der Waals surface area contributed by atoms with Crippen molar-refractivity contribution in [3.8, 4) is 11.5 Å². The third-order valence-corrected chi connectivity index (χ3v) is 4.30. The summed E-state index contributed by atoms with van der Waals surface area (Å²) in [6.07, 6.45) is 1.36. The van der Waals surface area contributed by atoms with Gasteiger partial charge < -0.3 is 19.4 Å². The molecule has 0 radical (unpaired) electrons. The van der Waals surface area contributed by atoms with Crippen LogP contribution < -0.4 is 14.8 Å². The molecule has 27 heavy (non-hydrogen) atoms. The zero-order valence-electron chi connectivity index (χ0n) is 15.8. The average molecular weight is 367 g/mol. The highest BCUT2D eigenvalue weighted by atomic mass is 16.5. The van der Waals surface area contributed by atoms with Gasteiger partial charge in [0.1, 0.15) is 23.9 Å². The number of hydrogen-bond donors (Lipinski definition) is 1. The fourth-order valence-electron chi connectivity index (χ4n) is 2.93. The molecule has 6 heteroatoms. The number of para-hydroxylation sites is 2. The van der Waals surface area contributed by atoms with Crippen LogP contribution >= 0.6 is 0 Å². The molecule has 1 amide bonds. The van der Waals surface area contributed by atoms with E-state index in [-0.39, 0.29) is 5.91 Å². The van der Waals surface area contributed by atoms with Crippen LogP contribution in [0.5, 0.6) is 11.5 Å². The third kappa shape index (κ3) is 4.78. The van der Waals surface area contributed by atoms with Crippen molar-refractivity contribution in [1.29, 1.82) is 0 Å². The molecule has 1 N–H and O–H groups in total. The molecule has 0 aliphatic carbocycles. The minimum atomic E-state index is 0.0468. The van der Waals surface area contributed by atoms with Gasteiger partial charge in [-0.1, -0.05) is 19.1 Å². The van der Waals surface area contributed by atoms with Crippen LogP contribution in [-0.4, -0.2) is 29.2 Å². The number of methoxy groups -OCH3 is 1. The zero-order valence-corrected chi connectivity index (χ0v) is 15.8. The molecule has 3 rings (SSSR count). The number of amides is 1. The first kappa shape index (κ1) is 18.8. The quantitative estimate of drug-likeness (QED) is 0.628. The van der Waals surface area contributed by atoms with E-state index in [4.69, 9.17) is 9.47 Å². The van der Waals surface area contributed by atoms with Crippen molar-refractivity contribution in [2.45, 2.75) is 32.9 Å². The number of carbonyl (C=O) groups excluding carboxylic acids is 1. The maximum atomic E-state index is 11.8. The highest BCUT2D eigenvalue weighted by Gasteiger charge is 2.11. The van der Waals surface area contributed by atoms with E-state index in [1.165, 1.54) is 0 Å². The van der Waals surface area contributed by atoms with Crippen molar-refractivity contribution in [1.82, 2.24) is 14.9 Å². The van der Waals surface area contributed by atoms with E-state index in [1.54, 1.807) is 7.11 Å². The van der Waals surface area contributed by atoms with Crippen LogP contribution in [0.3, 0.4) is 0 Å². The lowest BCUT2D eigenvalue weighted by atomic mass is 10.3. The molecule has 0 unspecified atom stereocenters. The van der Waals surface area contributed by atoms with Crippen LogP contribution in [0, 0.1) is 0 Å². The normalized spacial score (nSPS) is 10.7. The number of carbonyl (C=O) groups is 1. The Morgan fingerprint density at radius 3 is 2.59 bits per heavy atom.